The van der Waals surface area contributed by atoms with E-state index in [2.05, 4.69) is 5.32 Å². The van der Waals surface area contributed by atoms with Crippen LogP contribution < -0.4 is 28.3 Å². The van der Waals surface area contributed by atoms with Crippen molar-refractivity contribution in [3.05, 3.63) is 0 Å². The van der Waals surface area contributed by atoms with Crippen LogP contribution in [0, 0.1) is 0 Å². The molecule has 234 valence electrons. The van der Waals surface area contributed by atoms with Crippen LogP contribution in [0.5, 0.6) is 0 Å². The standard InChI is InChI=1S/C22H43N5O13/c23-2-1-8(29)20(36)27-7-3-6(25)18(39-22-16(34)15(33)13(31)9(4-24)37-22)17(35)19(7)40-21-14(32)11(26)12(30)10(5-28)38-21/h6-19,21-22,28-35H,1-5,23-26H2,(H,27,36)/t6-,7+,8-,9+,10+,11-,12+,13+,14+,15-,16+,17-,18+,19+,21-,22-/m0/s1. The summed E-state index contributed by atoms with van der Waals surface area (Å²) in [6.45, 7) is -0.898. The zero-order valence-electron chi connectivity index (χ0n) is 21.7. The molecule has 0 unspecified atom stereocenters. The molecule has 0 aromatic rings. The monoisotopic (exact) mass is 585 g/mol. The van der Waals surface area contributed by atoms with Gasteiger partial charge in [0.1, 0.15) is 67.1 Å². The Labute approximate surface area is 229 Å². The van der Waals surface area contributed by atoms with Gasteiger partial charge in [-0.05, 0) is 19.4 Å². The van der Waals surface area contributed by atoms with Crippen LogP contribution in [0.4, 0.5) is 0 Å². The molecule has 0 aromatic carbocycles. The lowest BCUT2D eigenvalue weighted by Gasteiger charge is -2.49. The first kappa shape index (κ1) is 33.3. The van der Waals surface area contributed by atoms with Crippen molar-refractivity contribution in [2.45, 2.75) is 111 Å². The maximum Gasteiger partial charge on any atom is 0.249 e. The Bertz CT molecular complexity index is 815. The number of amides is 1. The molecule has 0 radical (unpaired) electrons. The number of nitrogens with one attached hydrogen (secondary N) is 1. The molecule has 18 nitrogen and oxygen atoms in total. The van der Waals surface area contributed by atoms with Gasteiger partial charge in [-0.15, -0.1) is 0 Å². The molecule has 40 heavy (non-hydrogen) atoms. The summed E-state index contributed by atoms with van der Waals surface area (Å²) in [7, 11) is 0. The van der Waals surface area contributed by atoms with Gasteiger partial charge in [-0.1, -0.05) is 0 Å². The van der Waals surface area contributed by atoms with Gasteiger partial charge in [0.25, 0.3) is 0 Å². The summed E-state index contributed by atoms with van der Waals surface area (Å²) in [5, 5.41) is 84.9. The van der Waals surface area contributed by atoms with Crippen molar-refractivity contribution < 1.29 is 64.6 Å². The van der Waals surface area contributed by atoms with E-state index in [4.69, 9.17) is 41.9 Å². The molecule has 2 saturated heterocycles. The maximum absolute atomic E-state index is 12.6. The largest absolute Gasteiger partial charge is 0.394 e. The van der Waals surface area contributed by atoms with Crippen LogP contribution in [0.15, 0.2) is 0 Å². The highest BCUT2D eigenvalue weighted by Gasteiger charge is 2.52. The second-order valence-corrected chi connectivity index (χ2v) is 10.3. The number of ether oxygens (including phenoxy) is 4. The van der Waals surface area contributed by atoms with Gasteiger partial charge in [0, 0.05) is 12.6 Å². The first-order valence-electron chi connectivity index (χ1n) is 13.1. The lowest BCUT2D eigenvalue weighted by molar-refractivity contribution is -0.332. The number of rotatable bonds is 10. The molecule has 16 atom stereocenters. The third kappa shape index (κ3) is 7.06. The predicted octanol–water partition coefficient (Wildman–Crippen LogP) is -8.42. The van der Waals surface area contributed by atoms with Gasteiger partial charge in [0.15, 0.2) is 12.6 Å². The van der Waals surface area contributed by atoms with Crippen LogP contribution >= 0.6 is 0 Å². The Balaban J connectivity index is 1.85. The molecule has 3 aliphatic rings. The van der Waals surface area contributed by atoms with E-state index in [-0.39, 0.29) is 25.9 Å². The topological polar surface area (TPSA) is 332 Å². The molecular formula is C22H43N5O13. The number of carbonyl (C=O) groups is 1. The highest BCUT2D eigenvalue weighted by atomic mass is 16.7. The van der Waals surface area contributed by atoms with E-state index >= 15 is 0 Å². The minimum Gasteiger partial charge on any atom is -0.394 e. The van der Waals surface area contributed by atoms with Crippen LogP contribution in [0.1, 0.15) is 12.8 Å². The van der Waals surface area contributed by atoms with Crippen molar-refractivity contribution in [1.29, 1.82) is 0 Å². The highest BCUT2D eigenvalue weighted by Crippen LogP contribution is 2.32. The van der Waals surface area contributed by atoms with Gasteiger partial charge in [-0.2, -0.15) is 0 Å². The molecular weight excluding hydrogens is 542 g/mol. The number of nitrogens with two attached hydrogens (primary N) is 4. The quantitative estimate of drug-likeness (QED) is 0.113. The Morgan fingerprint density at radius 3 is 2.05 bits per heavy atom. The maximum atomic E-state index is 12.6. The summed E-state index contributed by atoms with van der Waals surface area (Å²) in [6, 6.07) is -3.45. The fourth-order valence-corrected chi connectivity index (χ4v) is 5.07. The summed E-state index contributed by atoms with van der Waals surface area (Å²) in [5.74, 6) is -0.845. The summed E-state index contributed by atoms with van der Waals surface area (Å²) >= 11 is 0. The van der Waals surface area contributed by atoms with Gasteiger partial charge in [-0.3, -0.25) is 4.79 Å². The SMILES string of the molecule is NCC[C@H](O)C(=O)N[C@@H]1C[C@H](N)[C@@H](O[C@@H]2O[C@H](CN)[C@@H](O)[C@H](O)[C@H]2O)[C@H](O)[C@@H]1O[C@@H]1O[C@H](CO)[C@@H](O)[C@H](N)[C@H]1O. The zero-order chi connectivity index (χ0) is 29.9. The number of aliphatic hydroxyl groups is 8. The van der Waals surface area contributed by atoms with Gasteiger partial charge >= 0.3 is 0 Å². The number of aliphatic hydroxyl groups excluding tert-OH is 8. The van der Waals surface area contributed by atoms with Crippen molar-refractivity contribution >= 4 is 5.91 Å². The average Bonchev–Trinajstić information content (AvgIpc) is 2.92. The third-order valence-corrected chi connectivity index (χ3v) is 7.51. The van der Waals surface area contributed by atoms with Crippen molar-refractivity contribution in [3.8, 4) is 0 Å². The van der Waals surface area contributed by atoms with E-state index in [9.17, 15) is 45.6 Å². The number of hydrogen-bond acceptors (Lipinski definition) is 17. The van der Waals surface area contributed by atoms with Gasteiger partial charge in [-0.25, -0.2) is 0 Å². The van der Waals surface area contributed by atoms with Crippen LogP contribution in [-0.4, -0.2) is 164 Å². The molecule has 1 amide bonds. The molecule has 2 aliphatic heterocycles. The highest BCUT2D eigenvalue weighted by molar-refractivity contribution is 5.80. The van der Waals surface area contributed by atoms with E-state index in [1.54, 1.807) is 0 Å². The lowest BCUT2D eigenvalue weighted by atomic mass is 9.83. The third-order valence-electron chi connectivity index (χ3n) is 7.51. The Morgan fingerprint density at radius 2 is 1.45 bits per heavy atom. The molecule has 0 aromatic heterocycles. The summed E-state index contributed by atoms with van der Waals surface area (Å²) in [5.41, 5.74) is 23.1. The summed E-state index contributed by atoms with van der Waals surface area (Å²) in [6.07, 6.45) is -19.8. The second kappa shape index (κ2) is 14.3. The minimum atomic E-state index is -1.76. The van der Waals surface area contributed by atoms with Crippen molar-refractivity contribution in [2.24, 2.45) is 22.9 Å². The van der Waals surface area contributed by atoms with Crippen molar-refractivity contribution in [1.82, 2.24) is 5.32 Å². The molecule has 18 heteroatoms. The van der Waals surface area contributed by atoms with E-state index in [1.807, 2.05) is 0 Å². The molecule has 3 fully saturated rings. The van der Waals surface area contributed by atoms with Gasteiger partial charge in [0.2, 0.25) is 5.91 Å². The van der Waals surface area contributed by atoms with E-state index in [0.29, 0.717) is 0 Å². The van der Waals surface area contributed by atoms with Crippen LogP contribution in [0.25, 0.3) is 0 Å². The first-order valence-corrected chi connectivity index (χ1v) is 13.1. The molecule has 0 spiro atoms. The fourth-order valence-electron chi connectivity index (χ4n) is 5.07. The first-order chi connectivity index (χ1) is 18.9. The molecule has 3 rings (SSSR count). The smallest absolute Gasteiger partial charge is 0.249 e. The Hall–Kier alpha value is -1.17. The van der Waals surface area contributed by atoms with E-state index in [0.717, 1.165) is 0 Å². The summed E-state index contributed by atoms with van der Waals surface area (Å²) < 4.78 is 22.5. The normalized spacial score (nSPS) is 47.0. The van der Waals surface area contributed by atoms with E-state index < -0.39 is 110 Å². The Kier molecular flexibility index (Phi) is 11.9. The predicted molar refractivity (Wildman–Crippen MR) is 131 cm³/mol. The van der Waals surface area contributed by atoms with Crippen LogP contribution in [0.3, 0.4) is 0 Å². The minimum absolute atomic E-state index is 0.0101. The van der Waals surface area contributed by atoms with Crippen LogP contribution in [-0.2, 0) is 23.7 Å². The molecule has 1 aliphatic carbocycles. The average molecular weight is 586 g/mol. The lowest BCUT2D eigenvalue weighted by Crippen LogP contribution is -2.69. The molecule has 1 saturated carbocycles. The van der Waals surface area contributed by atoms with Crippen molar-refractivity contribution in [3.63, 3.8) is 0 Å². The number of hydrogen-bond donors (Lipinski definition) is 13. The Morgan fingerprint density at radius 1 is 0.850 bits per heavy atom. The van der Waals surface area contributed by atoms with Crippen LogP contribution in [0.2, 0.25) is 0 Å². The van der Waals surface area contributed by atoms with Gasteiger partial charge < -0.3 is 88.1 Å². The van der Waals surface area contributed by atoms with Crippen molar-refractivity contribution in [2.75, 3.05) is 19.7 Å². The molecule has 17 N–H and O–H groups in total. The molecule has 0 bridgehead atoms. The second-order valence-electron chi connectivity index (χ2n) is 10.3. The van der Waals surface area contributed by atoms with E-state index in [1.165, 1.54) is 0 Å². The number of carbonyl (C=O) groups excluding carboxylic acids is 1. The zero-order valence-corrected chi connectivity index (χ0v) is 21.7. The van der Waals surface area contributed by atoms with Gasteiger partial charge in [0.05, 0.1) is 18.7 Å². The fraction of sp³-hybridized carbons (Fsp3) is 0.955. The molecule has 2 heterocycles. The summed E-state index contributed by atoms with van der Waals surface area (Å²) in [4.78, 5) is 12.6.